The van der Waals surface area contributed by atoms with Gasteiger partial charge in [-0.05, 0) is 13.0 Å². The fourth-order valence-electron chi connectivity index (χ4n) is 1.07. The predicted molar refractivity (Wildman–Crippen MR) is 48.8 cm³/mol. The molecule has 0 aromatic heterocycles. The number of methoxy groups -OCH3 is 1. The maximum absolute atomic E-state index is 10.5. The summed E-state index contributed by atoms with van der Waals surface area (Å²) in [6, 6.07) is 2.87. The van der Waals surface area contributed by atoms with Gasteiger partial charge in [0.15, 0.2) is 0 Å². The molecule has 0 saturated carbocycles. The van der Waals surface area contributed by atoms with Crippen molar-refractivity contribution in [3.8, 4) is 5.75 Å². The number of benzene rings is 1. The molecule has 0 saturated heterocycles. The van der Waals surface area contributed by atoms with E-state index in [1.807, 2.05) is 0 Å². The molecule has 0 fully saturated rings. The number of anilines is 1. The Hall–Kier alpha value is -1.78. The van der Waals surface area contributed by atoms with Crippen molar-refractivity contribution in [1.82, 2.24) is 0 Å². The average Bonchev–Trinajstić information content (AvgIpc) is 2.09. The van der Waals surface area contributed by atoms with E-state index in [9.17, 15) is 10.1 Å². The summed E-state index contributed by atoms with van der Waals surface area (Å²) in [5.41, 5.74) is 6.37. The first kappa shape index (κ1) is 9.31. The first-order chi connectivity index (χ1) is 6.07. The minimum atomic E-state index is -0.467. The van der Waals surface area contributed by atoms with Gasteiger partial charge in [0.25, 0.3) is 5.69 Å². The fraction of sp³-hybridized carbons (Fsp3) is 0.250. The van der Waals surface area contributed by atoms with Gasteiger partial charge >= 0.3 is 0 Å². The number of nitro benzene ring substituents is 1. The minimum absolute atomic E-state index is 0.0123. The molecule has 2 N–H and O–H groups in total. The first-order valence-corrected chi connectivity index (χ1v) is 3.65. The summed E-state index contributed by atoms with van der Waals surface area (Å²) in [5.74, 6) is 0.461. The van der Waals surface area contributed by atoms with Crippen LogP contribution in [0.2, 0.25) is 0 Å². The van der Waals surface area contributed by atoms with Crippen molar-refractivity contribution in [2.24, 2.45) is 0 Å². The number of hydrogen-bond acceptors (Lipinski definition) is 4. The highest BCUT2D eigenvalue weighted by Crippen LogP contribution is 2.31. The average molecular weight is 182 g/mol. The van der Waals surface area contributed by atoms with Gasteiger partial charge in [0.2, 0.25) is 0 Å². The molecule has 0 heterocycles. The summed E-state index contributed by atoms with van der Waals surface area (Å²) in [7, 11) is 1.47. The largest absolute Gasteiger partial charge is 0.495 e. The van der Waals surface area contributed by atoms with Gasteiger partial charge in [-0.3, -0.25) is 10.1 Å². The molecule has 1 rings (SSSR count). The number of nitrogens with two attached hydrogens (primary N) is 1. The van der Waals surface area contributed by atoms with E-state index in [1.54, 1.807) is 6.92 Å². The number of nitrogen functional groups attached to an aromatic ring is 1. The van der Waals surface area contributed by atoms with E-state index < -0.39 is 4.92 Å². The molecular weight excluding hydrogens is 172 g/mol. The normalized spacial score (nSPS) is 9.69. The van der Waals surface area contributed by atoms with E-state index in [-0.39, 0.29) is 5.69 Å². The van der Waals surface area contributed by atoms with Gasteiger partial charge in [-0.2, -0.15) is 0 Å². The fourth-order valence-corrected chi connectivity index (χ4v) is 1.07. The molecule has 0 amide bonds. The molecule has 0 aliphatic carbocycles. The third kappa shape index (κ3) is 1.53. The quantitative estimate of drug-likeness (QED) is 0.427. The standard InChI is InChI=1S/C8H10N2O3/c1-5-6(10(11)12)3-4-7(13-2)8(5)9/h3-4H,9H2,1-2H3. The van der Waals surface area contributed by atoms with Gasteiger partial charge in [-0.1, -0.05) is 0 Å². The van der Waals surface area contributed by atoms with Crippen molar-refractivity contribution >= 4 is 11.4 Å². The smallest absolute Gasteiger partial charge is 0.274 e. The Morgan fingerprint density at radius 2 is 2.15 bits per heavy atom. The monoisotopic (exact) mass is 182 g/mol. The van der Waals surface area contributed by atoms with E-state index in [2.05, 4.69) is 0 Å². The topological polar surface area (TPSA) is 78.4 Å². The molecule has 0 unspecified atom stereocenters. The van der Waals surface area contributed by atoms with E-state index in [0.29, 0.717) is 17.0 Å². The van der Waals surface area contributed by atoms with Crippen molar-refractivity contribution in [2.45, 2.75) is 6.92 Å². The number of ether oxygens (including phenoxy) is 1. The van der Waals surface area contributed by atoms with Crippen LogP contribution in [0.5, 0.6) is 5.75 Å². The lowest BCUT2D eigenvalue weighted by Crippen LogP contribution is -1.99. The minimum Gasteiger partial charge on any atom is -0.495 e. The summed E-state index contributed by atoms with van der Waals surface area (Å²) in [6.07, 6.45) is 0. The number of nitro groups is 1. The van der Waals surface area contributed by atoms with Crippen LogP contribution < -0.4 is 10.5 Å². The van der Waals surface area contributed by atoms with Gasteiger partial charge < -0.3 is 10.5 Å². The second-order valence-electron chi connectivity index (χ2n) is 2.58. The Morgan fingerprint density at radius 1 is 1.54 bits per heavy atom. The Kier molecular flexibility index (Phi) is 2.36. The van der Waals surface area contributed by atoms with Crippen LogP contribution in [0.4, 0.5) is 11.4 Å². The van der Waals surface area contributed by atoms with Crippen LogP contribution >= 0.6 is 0 Å². The highest BCUT2D eigenvalue weighted by Gasteiger charge is 2.15. The molecule has 70 valence electrons. The third-order valence-electron chi connectivity index (χ3n) is 1.86. The van der Waals surface area contributed by atoms with Crippen molar-refractivity contribution in [3.63, 3.8) is 0 Å². The molecule has 0 aliphatic rings. The maximum atomic E-state index is 10.5. The highest BCUT2D eigenvalue weighted by atomic mass is 16.6. The van der Waals surface area contributed by atoms with Gasteiger partial charge in [-0.15, -0.1) is 0 Å². The van der Waals surface area contributed by atoms with Crippen molar-refractivity contribution in [1.29, 1.82) is 0 Å². The lowest BCUT2D eigenvalue weighted by Gasteiger charge is -2.06. The van der Waals surface area contributed by atoms with Crippen molar-refractivity contribution in [2.75, 3.05) is 12.8 Å². The first-order valence-electron chi connectivity index (χ1n) is 3.65. The molecule has 0 atom stereocenters. The van der Waals surface area contributed by atoms with Gasteiger partial charge in [0, 0.05) is 6.07 Å². The van der Waals surface area contributed by atoms with Gasteiger partial charge in [-0.25, -0.2) is 0 Å². The van der Waals surface area contributed by atoms with E-state index >= 15 is 0 Å². The van der Waals surface area contributed by atoms with Crippen LogP contribution in [0, 0.1) is 17.0 Å². The molecule has 0 bridgehead atoms. The Balaban J connectivity index is 3.31. The predicted octanol–water partition coefficient (Wildman–Crippen LogP) is 1.49. The van der Waals surface area contributed by atoms with Crippen LogP contribution in [0.1, 0.15) is 5.56 Å². The Bertz CT molecular complexity index is 349. The number of nitrogens with zero attached hydrogens (tertiary/aromatic N) is 1. The summed E-state index contributed by atoms with van der Waals surface area (Å²) in [5, 5.41) is 10.5. The second kappa shape index (κ2) is 3.30. The molecule has 0 radical (unpaired) electrons. The van der Waals surface area contributed by atoms with Crippen LogP contribution in [-0.4, -0.2) is 12.0 Å². The highest BCUT2D eigenvalue weighted by molar-refractivity contribution is 5.65. The van der Waals surface area contributed by atoms with E-state index in [1.165, 1.54) is 19.2 Å². The molecular formula is C8H10N2O3. The van der Waals surface area contributed by atoms with Crippen molar-refractivity contribution in [3.05, 3.63) is 27.8 Å². The summed E-state index contributed by atoms with van der Waals surface area (Å²) >= 11 is 0. The molecule has 5 nitrogen and oxygen atoms in total. The number of rotatable bonds is 2. The van der Waals surface area contributed by atoms with Crippen LogP contribution in [0.3, 0.4) is 0 Å². The zero-order valence-electron chi connectivity index (χ0n) is 7.40. The lowest BCUT2D eigenvalue weighted by molar-refractivity contribution is -0.385. The Morgan fingerprint density at radius 3 is 2.62 bits per heavy atom. The summed E-state index contributed by atoms with van der Waals surface area (Å²) in [6.45, 7) is 1.59. The molecule has 1 aromatic carbocycles. The molecule has 5 heteroatoms. The van der Waals surface area contributed by atoms with E-state index in [4.69, 9.17) is 10.5 Å². The van der Waals surface area contributed by atoms with Gasteiger partial charge in [0.05, 0.1) is 23.3 Å². The zero-order valence-corrected chi connectivity index (χ0v) is 7.40. The van der Waals surface area contributed by atoms with Crippen molar-refractivity contribution < 1.29 is 9.66 Å². The molecule has 0 spiro atoms. The van der Waals surface area contributed by atoms with Crippen LogP contribution in [0.25, 0.3) is 0 Å². The molecule has 13 heavy (non-hydrogen) atoms. The Labute approximate surface area is 75.3 Å². The third-order valence-corrected chi connectivity index (χ3v) is 1.86. The summed E-state index contributed by atoms with van der Waals surface area (Å²) < 4.78 is 4.91. The maximum Gasteiger partial charge on any atom is 0.274 e. The molecule has 0 aliphatic heterocycles. The SMILES string of the molecule is COc1ccc([N+](=O)[O-])c(C)c1N. The van der Waals surface area contributed by atoms with Gasteiger partial charge in [0.1, 0.15) is 5.75 Å². The second-order valence-corrected chi connectivity index (χ2v) is 2.58. The van der Waals surface area contributed by atoms with Crippen LogP contribution in [0.15, 0.2) is 12.1 Å². The van der Waals surface area contributed by atoms with E-state index in [0.717, 1.165) is 0 Å². The van der Waals surface area contributed by atoms with Crippen LogP contribution in [-0.2, 0) is 0 Å². The molecule has 1 aromatic rings. The lowest BCUT2D eigenvalue weighted by atomic mass is 10.1. The summed E-state index contributed by atoms with van der Waals surface area (Å²) in [4.78, 5) is 10.0. The number of hydrogen-bond donors (Lipinski definition) is 1. The zero-order chi connectivity index (χ0) is 10.0.